The van der Waals surface area contributed by atoms with E-state index in [-0.39, 0.29) is 50.0 Å². The number of nitrogens with one attached hydrogen (secondary N) is 3. The summed E-state index contributed by atoms with van der Waals surface area (Å²) in [6.45, 7) is 0.866. The predicted molar refractivity (Wildman–Crippen MR) is 148 cm³/mol. The Labute approximate surface area is 227 Å². The molecule has 0 rings (SSSR count). The Morgan fingerprint density at radius 3 is 1.61 bits per heavy atom. The lowest BCUT2D eigenvalue weighted by atomic mass is 10.0. The fraction of sp³-hybridized carbons (Fsp3) is 0.714. The van der Waals surface area contributed by atoms with E-state index < -0.39 is 47.9 Å². The summed E-state index contributed by atoms with van der Waals surface area (Å²) in [6, 6.07) is -4.31. The van der Waals surface area contributed by atoms with E-state index in [9.17, 15) is 24.3 Å². The molecule has 0 saturated carbocycles. The van der Waals surface area contributed by atoms with Crippen LogP contribution in [0.2, 0.25) is 0 Å². The third-order valence-electron chi connectivity index (χ3n) is 5.26. The van der Waals surface area contributed by atoms with Crippen molar-refractivity contribution in [1.29, 1.82) is 0 Å². The number of guanidine groups is 2. The van der Waals surface area contributed by atoms with Crippen LogP contribution in [0.25, 0.3) is 0 Å². The van der Waals surface area contributed by atoms with Gasteiger partial charge in [-0.25, -0.2) is 4.79 Å². The summed E-state index contributed by atoms with van der Waals surface area (Å²) in [7, 11) is 0. The van der Waals surface area contributed by atoms with E-state index in [4.69, 9.17) is 34.4 Å². The molecule has 3 amide bonds. The molecule has 0 aliphatic carbocycles. The quantitative estimate of drug-likeness (QED) is 0.0294. The van der Waals surface area contributed by atoms with Crippen molar-refractivity contribution in [3.05, 3.63) is 0 Å². The van der Waals surface area contributed by atoms with Gasteiger partial charge in [-0.3, -0.25) is 24.4 Å². The third-order valence-corrected chi connectivity index (χ3v) is 5.62. The zero-order chi connectivity index (χ0) is 29.1. The van der Waals surface area contributed by atoms with Gasteiger partial charge in [0.25, 0.3) is 0 Å². The van der Waals surface area contributed by atoms with Crippen molar-refractivity contribution in [3.8, 4) is 0 Å². The Hall–Kier alpha value is -3.31. The Bertz CT molecular complexity index is 819. The van der Waals surface area contributed by atoms with Crippen LogP contribution in [0, 0.1) is 0 Å². The number of amides is 3. The van der Waals surface area contributed by atoms with Crippen molar-refractivity contribution in [2.45, 2.75) is 69.1 Å². The Balaban J connectivity index is 5.50. The molecule has 4 unspecified atom stereocenters. The molecule has 0 saturated heterocycles. The highest BCUT2D eigenvalue weighted by Crippen LogP contribution is 2.06. The van der Waals surface area contributed by atoms with E-state index >= 15 is 0 Å². The summed E-state index contributed by atoms with van der Waals surface area (Å²) in [5.74, 6) is -3.53. The van der Waals surface area contributed by atoms with Crippen molar-refractivity contribution >= 4 is 48.2 Å². The lowest BCUT2D eigenvalue weighted by molar-refractivity contribution is -0.141. The van der Waals surface area contributed by atoms with Gasteiger partial charge in [0.1, 0.15) is 18.1 Å². The van der Waals surface area contributed by atoms with Crippen LogP contribution in [0.5, 0.6) is 0 Å². The number of nitrogens with two attached hydrogens (primary N) is 6. The molecule has 0 aliphatic heterocycles. The first-order valence-electron chi connectivity index (χ1n) is 12.2. The molecule has 0 heterocycles. The second-order valence-electron chi connectivity index (χ2n) is 8.49. The van der Waals surface area contributed by atoms with Gasteiger partial charge in [-0.15, -0.1) is 0 Å². The van der Waals surface area contributed by atoms with Crippen LogP contribution in [0.3, 0.4) is 0 Å². The molecular formula is C21H43N11O5S. The Kier molecular flexibility index (Phi) is 18.0. The van der Waals surface area contributed by atoms with E-state index in [0.717, 1.165) is 0 Å². The SMILES string of the molecule is NCCCCC(NC(=O)C(CCCN=C(N)N)NC(=O)C(N)CCCN=C(N)N)C(=O)NC(CS)C(=O)O. The maximum Gasteiger partial charge on any atom is 0.327 e. The van der Waals surface area contributed by atoms with Gasteiger partial charge in [0.05, 0.1) is 6.04 Å². The molecule has 0 bridgehead atoms. The molecule has 0 spiro atoms. The zero-order valence-electron chi connectivity index (χ0n) is 21.5. The summed E-state index contributed by atoms with van der Waals surface area (Å²) >= 11 is 3.94. The van der Waals surface area contributed by atoms with Gasteiger partial charge in [-0.2, -0.15) is 12.6 Å². The van der Waals surface area contributed by atoms with Crippen molar-refractivity contribution in [3.63, 3.8) is 0 Å². The fourth-order valence-corrected chi connectivity index (χ4v) is 3.44. The minimum absolute atomic E-state index is 0.0744. The topological polar surface area (TPSA) is 305 Å². The van der Waals surface area contributed by atoms with E-state index in [1.54, 1.807) is 0 Å². The largest absolute Gasteiger partial charge is 0.480 e. The Morgan fingerprint density at radius 2 is 1.16 bits per heavy atom. The van der Waals surface area contributed by atoms with E-state index in [0.29, 0.717) is 32.2 Å². The highest BCUT2D eigenvalue weighted by Gasteiger charge is 2.29. The normalized spacial score (nSPS) is 13.8. The summed E-state index contributed by atoms with van der Waals surface area (Å²) in [4.78, 5) is 57.6. The van der Waals surface area contributed by atoms with Gasteiger partial charge >= 0.3 is 5.97 Å². The number of aliphatic imine (C=N–C) groups is 2. The van der Waals surface area contributed by atoms with Gasteiger partial charge in [0.2, 0.25) is 17.7 Å². The lowest BCUT2D eigenvalue weighted by Gasteiger charge is -2.25. The van der Waals surface area contributed by atoms with Crippen LogP contribution in [-0.4, -0.2) is 90.3 Å². The monoisotopic (exact) mass is 561 g/mol. The highest BCUT2D eigenvalue weighted by molar-refractivity contribution is 7.80. The van der Waals surface area contributed by atoms with Crippen molar-refractivity contribution < 1.29 is 24.3 Å². The zero-order valence-corrected chi connectivity index (χ0v) is 22.4. The second-order valence-corrected chi connectivity index (χ2v) is 8.86. The molecule has 0 radical (unpaired) electrons. The minimum atomic E-state index is -1.26. The number of rotatable bonds is 20. The number of unbranched alkanes of at least 4 members (excludes halogenated alkanes) is 1. The number of nitrogens with zero attached hydrogens (tertiary/aromatic N) is 2. The summed E-state index contributed by atoms with van der Waals surface area (Å²) in [5, 5.41) is 16.8. The van der Waals surface area contributed by atoms with Gasteiger partial charge in [-0.05, 0) is 51.5 Å². The van der Waals surface area contributed by atoms with Crippen LogP contribution in [0.4, 0.5) is 0 Å². The first-order valence-corrected chi connectivity index (χ1v) is 12.9. The molecule has 0 aromatic heterocycles. The van der Waals surface area contributed by atoms with Crippen molar-refractivity contribution in [2.24, 2.45) is 44.4 Å². The highest BCUT2D eigenvalue weighted by atomic mass is 32.1. The smallest absolute Gasteiger partial charge is 0.327 e. The number of thiol groups is 1. The van der Waals surface area contributed by atoms with Crippen molar-refractivity contribution in [2.75, 3.05) is 25.4 Å². The van der Waals surface area contributed by atoms with Crippen LogP contribution in [0.1, 0.15) is 44.9 Å². The van der Waals surface area contributed by atoms with Crippen molar-refractivity contribution in [1.82, 2.24) is 16.0 Å². The van der Waals surface area contributed by atoms with E-state index in [1.807, 2.05) is 0 Å². The first-order chi connectivity index (χ1) is 17.9. The molecule has 16 nitrogen and oxygen atoms in total. The molecule has 0 aromatic rings. The number of hydrogen-bond donors (Lipinski definition) is 11. The molecule has 38 heavy (non-hydrogen) atoms. The van der Waals surface area contributed by atoms with Gasteiger partial charge in [0, 0.05) is 18.8 Å². The van der Waals surface area contributed by atoms with Crippen LogP contribution in [0.15, 0.2) is 9.98 Å². The van der Waals surface area contributed by atoms with E-state index in [1.165, 1.54) is 0 Å². The summed E-state index contributed by atoms with van der Waals surface area (Å²) < 4.78 is 0. The third kappa shape index (κ3) is 15.7. The lowest BCUT2D eigenvalue weighted by Crippen LogP contribution is -2.57. The molecular weight excluding hydrogens is 518 g/mol. The maximum atomic E-state index is 13.2. The Morgan fingerprint density at radius 1 is 0.711 bits per heavy atom. The van der Waals surface area contributed by atoms with Gasteiger partial charge < -0.3 is 55.5 Å². The van der Waals surface area contributed by atoms with Crippen LogP contribution in [-0.2, 0) is 19.2 Å². The molecule has 218 valence electrons. The average Bonchev–Trinajstić information content (AvgIpc) is 2.85. The predicted octanol–water partition coefficient (Wildman–Crippen LogP) is -3.98. The molecule has 0 aromatic carbocycles. The standard InChI is InChI=1S/C21H43N11O5S/c22-8-2-1-6-13(18(35)32-15(11-38)19(36)37)31-17(34)14(7-4-10-29-21(26)27)30-16(33)12(23)5-3-9-28-20(24)25/h12-15,38H,1-11,22-23H2,(H,30,33)(H,31,34)(H,32,35)(H,36,37)(H4,24,25,28)(H4,26,27,29). The molecule has 4 atom stereocenters. The molecule has 16 N–H and O–H groups in total. The van der Waals surface area contributed by atoms with E-state index in [2.05, 4.69) is 38.6 Å². The molecule has 0 fully saturated rings. The van der Waals surface area contributed by atoms with Gasteiger partial charge in [0.15, 0.2) is 11.9 Å². The fourth-order valence-electron chi connectivity index (χ4n) is 3.19. The molecule has 17 heteroatoms. The number of carbonyl (C=O) groups is 4. The second kappa shape index (κ2) is 19.8. The van der Waals surface area contributed by atoms with Crippen LogP contribution >= 0.6 is 12.6 Å². The number of carbonyl (C=O) groups excluding carboxylic acids is 3. The average molecular weight is 562 g/mol. The first kappa shape index (κ1) is 34.7. The minimum Gasteiger partial charge on any atom is -0.480 e. The number of carboxylic acids is 1. The number of carboxylic acid groups (broad SMARTS) is 1. The summed E-state index contributed by atoms with van der Waals surface area (Å²) in [5.41, 5.74) is 32.7. The van der Waals surface area contributed by atoms with Gasteiger partial charge in [-0.1, -0.05) is 0 Å². The number of aliphatic carboxylic acids is 1. The summed E-state index contributed by atoms with van der Waals surface area (Å²) in [6.07, 6.45) is 2.45. The number of hydrogen-bond acceptors (Lipinski definition) is 9. The van der Waals surface area contributed by atoms with Crippen LogP contribution < -0.4 is 50.4 Å². The maximum absolute atomic E-state index is 13.2. The molecule has 0 aliphatic rings.